The minimum Gasteiger partial charge on any atom is -0.475 e. The molecule has 1 aromatic carbocycles. The normalized spacial score (nSPS) is 14.9. The van der Waals surface area contributed by atoms with Gasteiger partial charge in [-0.25, -0.2) is 9.59 Å². The van der Waals surface area contributed by atoms with E-state index in [0.717, 1.165) is 6.08 Å². The molecule has 1 heterocycles. The second-order valence-corrected chi connectivity index (χ2v) is 7.16. The predicted molar refractivity (Wildman–Crippen MR) is 104 cm³/mol. The van der Waals surface area contributed by atoms with Crippen molar-refractivity contribution in [2.24, 2.45) is 0 Å². The Kier molecular flexibility index (Phi) is 9.28. The largest absolute Gasteiger partial charge is 0.511 e. The van der Waals surface area contributed by atoms with Gasteiger partial charge in [0.05, 0.1) is 18.8 Å². The van der Waals surface area contributed by atoms with Gasteiger partial charge in [-0.1, -0.05) is 15.9 Å². The Morgan fingerprint density at radius 1 is 1.15 bits per heavy atom. The maximum atomic E-state index is 13.5. The average molecular weight is 544 g/mol. The molecule has 2 rings (SSSR count). The Morgan fingerprint density at radius 2 is 1.85 bits per heavy atom. The molecular weight excluding hydrogens is 527 g/mol. The third-order valence-corrected chi connectivity index (χ3v) is 4.33. The number of aryl methyl sites for hydroxylation is 1. The molecule has 1 atom stereocenters. The highest BCUT2D eigenvalue weighted by molar-refractivity contribution is 9.10. The van der Waals surface area contributed by atoms with Crippen molar-refractivity contribution in [3.05, 3.63) is 43.4 Å². The van der Waals surface area contributed by atoms with Crippen LogP contribution in [0.15, 0.2) is 22.2 Å². The number of ether oxygens (including phenoxy) is 5. The molecule has 11 nitrogen and oxygen atoms in total. The van der Waals surface area contributed by atoms with E-state index in [0.29, 0.717) is 10.0 Å². The van der Waals surface area contributed by atoms with E-state index in [1.807, 2.05) is 0 Å². The van der Waals surface area contributed by atoms with Gasteiger partial charge in [0.1, 0.15) is 19.0 Å². The molecule has 0 unspecified atom stereocenters. The van der Waals surface area contributed by atoms with Crippen molar-refractivity contribution in [1.29, 1.82) is 0 Å². The van der Waals surface area contributed by atoms with E-state index in [4.69, 9.17) is 9.47 Å². The van der Waals surface area contributed by atoms with Crippen LogP contribution in [-0.2, 0) is 28.6 Å². The zero-order chi connectivity index (χ0) is 24.6. The van der Waals surface area contributed by atoms with Gasteiger partial charge >= 0.3 is 18.3 Å². The average Bonchev–Trinajstić information content (AvgIpc) is 2.71. The maximum Gasteiger partial charge on any atom is 0.511 e. The van der Waals surface area contributed by atoms with E-state index in [1.165, 1.54) is 6.07 Å². The summed E-state index contributed by atoms with van der Waals surface area (Å²) in [6.07, 6.45) is -7.76. The molecule has 0 amide bonds. The summed E-state index contributed by atoms with van der Waals surface area (Å²) in [6.45, 7) is -0.339. The number of esters is 1. The zero-order valence-corrected chi connectivity index (χ0v) is 18.5. The molecule has 0 saturated carbocycles. The van der Waals surface area contributed by atoms with E-state index in [-0.39, 0.29) is 37.7 Å². The van der Waals surface area contributed by atoms with Crippen LogP contribution in [0.5, 0.6) is 5.75 Å². The minimum absolute atomic E-state index is 0.0240. The molecule has 33 heavy (non-hydrogen) atoms. The molecule has 0 aliphatic carbocycles. The number of benzene rings is 1. The second kappa shape index (κ2) is 11.7. The molecule has 0 bridgehead atoms. The van der Waals surface area contributed by atoms with Crippen LogP contribution in [0.25, 0.3) is 6.08 Å². The van der Waals surface area contributed by atoms with Crippen LogP contribution in [-0.4, -0.2) is 62.7 Å². The lowest BCUT2D eigenvalue weighted by Crippen LogP contribution is -2.41. The first-order chi connectivity index (χ1) is 15.5. The fourth-order valence-electron chi connectivity index (χ4n) is 2.57. The number of fused-ring (bicyclic) bond motifs is 1. The fraction of sp³-hybridized carbons (Fsp3) is 0.444. The lowest BCUT2D eigenvalue weighted by Gasteiger charge is -2.28. The summed E-state index contributed by atoms with van der Waals surface area (Å²) in [4.78, 5) is 37.5. The Morgan fingerprint density at radius 3 is 2.52 bits per heavy atom. The van der Waals surface area contributed by atoms with Gasteiger partial charge in [0, 0.05) is 10.0 Å². The van der Waals surface area contributed by atoms with Crippen molar-refractivity contribution < 1.29 is 56.4 Å². The van der Waals surface area contributed by atoms with E-state index in [9.17, 15) is 32.9 Å². The van der Waals surface area contributed by atoms with Gasteiger partial charge < -0.3 is 28.5 Å². The van der Waals surface area contributed by atoms with Crippen molar-refractivity contribution in [3.8, 4) is 5.75 Å². The molecule has 0 N–H and O–H groups in total. The third kappa shape index (κ3) is 8.09. The van der Waals surface area contributed by atoms with E-state index >= 15 is 0 Å². The number of hydrogen-bond acceptors (Lipinski definition) is 10. The number of halogens is 4. The molecular formula is C18H17BrF3NO10. The quantitative estimate of drug-likeness (QED) is 0.142. The topological polar surface area (TPSA) is 133 Å². The molecule has 182 valence electrons. The smallest absolute Gasteiger partial charge is 0.475 e. The van der Waals surface area contributed by atoms with Crippen molar-refractivity contribution in [2.75, 3.05) is 33.2 Å². The third-order valence-electron chi connectivity index (χ3n) is 3.87. The highest BCUT2D eigenvalue weighted by Crippen LogP contribution is 2.40. The van der Waals surface area contributed by atoms with Crippen LogP contribution in [0.3, 0.4) is 0 Å². The molecule has 1 aliphatic heterocycles. The monoisotopic (exact) mass is 543 g/mol. The Hall–Kier alpha value is -3.07. The Labute approximate surface area is 192 Å². The fourth-order valence-corrected chi connectivity index (χ4v) is 3.16. The molecule has 0 radical (unpaired) electrons. The summed E-state index contributed by atoms with van der Waals surface area (Å²) >= 11 is 3.22. The van der Waals surface area contributed by atoms with Gasteiger partial charge in [0.25, 0.3) is 5.09 Å². The van der Waals surface area contributed by atoms with Crippen molar-refractivity contribution in [3.63, 3.8) is 0 Å². The number of carbonyl (C=O) groups is 2. The molecule has 0 aromatic heterocycles. The van der Waals surface area contributed by atoms with E-state index < -0.39 is 41.9 Å². The molecule has 0 spiro atoms. The molecule has 0 fully saturated rings. The highest BCUT2D eigenvalue weighted by Gasteiger charge is 2.49. The summed E-state index contributed by atoms with van der Waals surface area (Å²) in [5.41, 5.74) is -0.161. The number of hydrogen-bond donors (Lipinski definition) is 0. The van der Waals surface area contributed by atoms with Gasteiger partial charge in [-0.2, -0.15) is 13.2 Å². The van der Waals surface area contributed by atoms with Crippen molar-refractivity contribution in [2.45, 2.75) is 19.2 Å². The molecule has 1 aliphatic rings. The SMILES string of the molecule is Cc1cc(Br)cc2c1O[C@H](C(F)(F)F)C(C(=O)OCOC(=O)OCCOCCO[N+](=O)[O-])=C2. The van der Waals surface area contributed by atoms with E-state index in [2.05, 4.69) is 35.0 Å². The van der Waals surface area contributed by atoms with Gasteiger partial charge in [0.15, 0.2) is 0 Å². The van der Waals surface area contributed by atoms with Gasteiger partial charge in [0.2, 0.25) is 12.9 Å². The first kappa shape index (κ1) is 26.2. The highest BCUT2D eigenvalue weighted by atomic mass is 79.9. The lowest BCUT2D eigenvalue weighted by molar-refractivity contribution is -0.758. The predicted octanol–water partition coefficient (Wildman–Crippen LogP) is 3.34. The van der Waals surface area contributed by atoms with Crippen LogP contribution in [0.1, 0.15) is 11.1 Å². The standard InChI is InChI=1S/C18H17BrF3NO10/c1-10-6-12(19)7-11-8-13(15(18(20,21)22)33-14(10)11)16(24)30-9-31-17(25)29-4-2-28-3-5-32-23(26)27/h6-8,15H,2-5,9H2,1H3/t15-/m0/s1. The second-order valence-electron chi connectivity index (χ2n) is 6.24. The summed E-state index contributed by atoms with van der Waals surface area (Å²) in [6, 6.07) is 3.04. The van der Waals surface area contributed by atoms with Crippen LogP contribution in [0.2, 0.25) is 0 Å². The molecule has 0 saturated heterocycles. The lowest BCUT2D eigenvalue weighted by atomic mass is 9.99. The molecule has 15 heteroatoms. The summed E-state index contributed by atoms with van der Waals surface area (Å²) in [5.74, 6) is -1.42. The zero-order valence-electron chi connectivity index (χ0n) is 16.9. The first-order valence-electron chi connectivity index (χ1n) is 9.06. The summed E-state index contributed by atoms with van der Waals surface area (Å²) in [5, 5.41) is 8.92. The summed E-state index contributed by atoms with van der Waals surface area (Å²) in [7, 11) is 0. The van der Waals surface area contributed by atoms with Crippen molar-refractivity contribution >= 4 is 34.1 Å². The Bertz CT molecular complexity index is 921. The molecule has 1 aromatic rings. The van der Waals surface area contributed by atoms with Crippen LogP contribution < -0.4 is 4.74 Å². The van der Waals surface area contributed by atoms with Crippen molar-refractivity contribution in [1.82, 2.24) is 0 Å². The van der Waals surface area contributed by atoms with Gasteiger partial charge in [-0.3, -0.25) is 0 Å². The van der Waals surface area contributed by atoms with E-state index in [1.54, 1.807) is 13.0 Å². The number of nitrogens with zero attached hydrogens (tertiary/aromatic N) is 1. The van der Waals surface area contributed by atoms with Crippen LogP contribution in [0.4, 0.5) is 18.0 Å². The van der Waals surface area contributed by atoms with Gasteiger partial charge in [-0.05, 0) is 30.7 Å². The first-order valence-corrected chi connectivity index (χ1v) is 9.85. The van der Waals surface area contributed by atoms with Gasteiger partial charge in [-0.15, -0.1) is 10.1 Å². The number of alkyl halides is 3. The number of carbonyl (C=O) groups excluding carboxylic acids is 2. The summed E-state index contributed by atoms with van der Waals surface area (Å²) < 4.78 is 64.5. The minimum atomic E-state index is -4.91. The Balaban J connectivity index is 1.85. The maximum absolute atomic E-state index is 13.5. The number of rotatable bonds is 10. The van der Waals surface area contributed by atoms with Crippen LogP contribution in [0, 0.1) is 17.0 Å². The van der Waals surface area contributed by atoms with Crippen LogP contribution >= 0.6 is 15.9 Å².